The van der Waals surface area contributed by atoms with Gasteiger partial charge in [-0.05, 0) is 24.8 Å². The lowest BCUT2D eigenvalue weighted by Gasteiger charge is -2.31. The first-order valence-corrected chi connectivity index (χ1v) is 8.36. The topological polar surface area (TPSA) is 82.2 Å². The van der Waals surface area contributed by atoms with Crippen molar-refractivity contribution < 1.29 is 9.53 Å². The normalized spacial score (nSPS) is 15.4. The Morgan fingerprint density at radius 3 is 2.62 bits per heavy atom. The average Bonchev–Trinajstić information content (AvgIpc) is 3.07. The molecule has 3 N–H and O–H groups in total. The van der Waals surface area contributed by atoms with Gasteiger partial charge in [0.05, 0.1) is 12.1 Å². The molecule has 6 nitrogen and oxygen atoms in total. The van der Waals surface area contributed by atoms with Crippen LogP contribution in [0.15, 0.2) is 42.7 Å². The molecule has 0 atom stereocenters. The molecular formula is C18H26Cl2N4O2. The molecule has 0 radical (unpaired) electrons. The summed E-state index contributed by atoms with van der Waals surface area (Å²) in [4.78, 5) is 16.7. The zero-order chi connectivity index (χ0) is 16.8. The summed E-state index contributed by atoms with van der Waals surface area (Å²) < 4.78 is 7.35. The van der Waals surface area contributed by atoms with Crippen molar-refractivity contribution >= 4 is 30.7 Å². The van der Waals surface area contributed by atoms with Crippen LogP contribution in [-0.4, -0.2) is 34.2 Å². The molecule has 8 heteroatoms. The van der Waals surface area contributed by atoms with Crippen molar-refractivity contribution in [2.24, 2.45) is 5.73 Å². The predicted molar refractivity (Wildman–Crippen MR) is 106 cm³/mol. The molecule has 1 aliphatic rings. The van der Waals surface area contributed by atoms with Crippen molar-refractivity contribution in [3.63, 3.8) is 0 Å². The van der Waals surface area contributed by atoms with Crippen molar-refractivity contribution in [3.05, 3.63) is 54.1 Å². The lowest BCUT2D eigenvalue weighted by molar-refractivity contribution is -0.129. The number of carbonyl (C=O) groups is 1. The number of amides is 1. The zero-order valence-corrected chi connectivity index (χ0v) is 16.2. The molecule has 1 fully saturated rings. The van der Waals surface area contributed by atoms with Crippen molar-refractivity contribution in [1.29, 1.82) is 0 Å². The van der Waals surface area contributed by atoms with Crippen molar-refractivity contribution in [3.8, 4) is 0 Å². The highest BCUT2D eigenvalue weighted by Gasteiger charge is 2.35. The first-order valence-electron chi connectivity index (χ1n) is 8.36. The second kappa shape index (κ2) is 10.5. The van der Waals surface area contributed by atoms with E-state index in [1.165, 1.54) is 5.56 Å². The number of benzene rings is 1. The molecule has 0 bridgehead atoms. The second-order valence-corrected chi connectivity index (χ2v) is 6.22. The number of ether oxygens (including phenoxy) is 1. The van der Waals surface area contributed by atoms with E-state index in [-0.39, 0.29) is 30.7 Å². The third-order valence-electron chi connectivity index (χ3n) is 4.53. The Labute approximate surface area is 166 Å². The van der Waals surface area contributed by atoms with E-state index in [1.807, 2.05) is 24.4 Å². The number of hydrogen-bond acceptors (Lipinski definition) is 4. The van der Waals surface area contributed by atoms with Crippen LogP contribution >= 0.6 is 24.8 Å². The van der Waals surface area contributed by atoms with Gasteiger partial charge in [-0.1, -0.05) is 30.3 Å². The van der Waals surface area contributed by atoms with Gasteiger partial charge in [0.1, 0.15) is 5.82 Å². The molecule has 1 aromatic carbocycles. The SMILES string of the molecule is Cl.Cl.NC1(C(=O)NCc2nccn2CCc2ccccc2)CCOCC1. The molecule has 2 aromatic rings. The monoisotopic (exact) mass is 400 g/mol. The maximum atomic E-state index is 12.4. The summed E-state index contributed by atoms with van der Waals surface area (Å²) in [7, 11) is 0. The smallest absolute Gasteiger partial charge is 0.240 e. The van der Waals surface area contributed by atoms with Crippen LogP contribution in [0.3, 0.4) is 0 Å². The molecule has 144 valence electrons. The zero-order valence-electron chi connectivity index (χ0n) is 14.6. The highest BCUT2D eigenvalue weighted by Crippen LogP contribution is 2.17. The molecule has 1 aliphatic heterocycles. The van der Waals surface area contributed by atoms with E-state index in [1.54, 1.807) is 6.20 Å². The lowest BCUT2D eigenvalue weighted by Crippen LogP contribution is -2.56. The van der Waals surface area contributed by atoms with Crippen LogP contribution in [0.2, 0.25) is 0 Å². The number of halogens is 2. The van der Waals surface area contributed by atoms with Crippen LogP contribution in [0, 0.1) is 0 Å². The van der Waals surface area contributed by atoms with E-state index in [2.05, 4.69) is 27.0 Å². The van der Waals surface area contributed by atoms with E-state index in [0.717, 1.165) is 18.8 Å². The van der Waals surface area contributed by atoms with Crippen LogP contribution < -0.4 is 11.1 Å². The molecule has 0 spiro atoms. The molecule has 1 saturated heterocycles. The molecule has 1 amide bonds. The molecule has 2 heterocycles. The Kier molecular flexibility index (Phi) is 9.08. The number of nitrogens with two attached hydrogens (primary N) is 1. The summed E-state index contributed by atoms with van der Waals surface area (Å²) in [6.07, 6.45) is 5.75. The number of nitrogens with zero attached hydrogens (tertiary/aromatic N) is 2. The van der Waals surface area contributed by atoms with Crippen molar-refractivity contribution in [1.82, 2.24) is 14.9 Å². The van der Waals surface area contributed by atoms with Crippen LogP contribution in [0.4, 0.5) is 0 Å². The van der Waals surface area contributed by atoms with Crippen LogP contribution in [0.1, 0.15) is 24.2 Å². The number of aromatic nitrogens is 2. The summed E-state index contributed by atoms with van der Waals surface area (Å²) >= 11 is 0. The van der Waals surface area contributed by atoms with Crippen LogP contribution in [0.5, 0.6) is 0 Å². The van der Waals surface area contributed by atoms with Gasteiger partial charge in [0, 0.05) is 32.2 Å². The van der Waals surface area contributed by atoms with E-state index in [9.17, 15) is 4.79 Å². The number of rotatable bonds is 6. The first kappa shape index (κ1) is 22.4. The standard InChI is InChI=1S/C18H24N4O2.2ClH/c19-18(7-12-24-13-8-18)17(23)21-14-16-20-9-11-22(16)10-6-15-4-2-1-3-5-15;;/h1-5,9,11H,6-8,10,12-14,19H2,(H,21,23);2*1H. The van der Waals surface area contributed by atoms with Gasteiger partial charge in [0.15, 0.2) is 0 Å². The summed E-state index contributed by atoms with van der Waals surface area (Å²) in [6.45, 7) is 2.29. The third kappa shape index (κ3) is 5.71. The Morgan fingerprint density at radius 1 is 1.23 bits per heavy atom. The minimum absolute atomic E-state index is 0. The molecule has 26 heavy (non-hydrogen) atoms. The summed E-state index contributed by atoms with van der Waals surface area (Å²) in [5, 5.41) is 2.93. The molecule has 1 aromatic heterocycles. The van der Waals surface area contributed by atoms with Gasteiger partial charge in [-0.15, -0.1) is 24.8 Å². The minimum Gasteiger partial charge on any atom is -0.381 e. The quantitative estimate of drug-likeness (QED) is 0.777. The first-order chi connectivity index (χ1) is 11.7. The fourth-order valence-corrected chi connectivity index (χ4v) is 2.90. The van der Waals surface area contributed by atoms with E-state index < -0.39 is 5.54 Å². The number of imidazole rings is 1. The highest BCUT2D eigenvalue weighted by molar-refractivity contribution is 5.86. The number of nitrogens with one attached hydrogen (secondary N) is 1. The Hall–Kier alpha value is -1.60. The maximum absolute atomic E-state index is 12.4. The molecule has 0 aliphatic carbocycles. The third-order valence-corrected chi connectivity index (χ3v) is 4.53. The Balaban J connectivity index is 0.00000169. The van der Waals surface area contributed by atoms with Crippen LogP contribution in [-0.2, 0) is 29.0 Å². The summed E-state index contributed by atoms with van der Waals surface area (Å²) in [5.74, 6) is 0.721. The van der Waals surface area contributed by atoms with Gasteiger partial charge in [-0.25, -0.2) is 4.98 Å². The molecule has 3 rings (SSSR count). The average molecular weight is 401 g/mol. The number of aryl methyl sites for hydroxylation is 2. The molecular weight excluding hydrogens is 375 g/mol. The largest absolute Gasteiger partial charge is 0.381 e. The lowest BCUT2D eigenvalue weighted by atomic mass is 9.90. The predicted octanol–water partition coefficient (Wildman–Crippen LogP) is 2.09. The fourth-order valence-electron chi connectivity index (χ4n) is 2.90. The Bertz CT molecular complexity index is 673. The molecule has 0 unspecified atom stereocenters. The number of hydrogen-bond donors (Lipinski definition) is 2. The van der Waals surface area contributed by atoms with Gasteiger partial charge in [0.25, 0.3) is 0 Å². The summed E-state index contributed by atoms with van der Waals surface area (Å²) in [6, 6.07) is 10.3. The fraction of sp³-hybridized carbons (Fsp3) is 0.444. The number of carbonyl (C=O) groups excluding carboxylic acids is 1. The van der Waals surface area contributed by atoms with Gasteiger partial charge >= 0.3 is 0 Å². The second-order valence-electron chi connectivity index (χ2n) is 6.22. The van der Waals surface area contributed by atoms with Gasteiger partial charge < -0.3 is 20.4 Å². The minimum atomic E-state index is -0.820. The van der Waals surface area contributed by atoms with Crippen LogP contribution in [0.25, 0.3) is 0 Å². The van der Waals surface area contributed by atoms with E-state index >= 15 is 0 Å². The summed E-state index contributed by atoms with van der Waals surface area (Å²) in [5.41, 5.74) is 6.66. The Morgan fingerprint density at radius 2 is 1.92 bits per heavy atom. The maximum Gasteiger partial charge on any atom is 0.240 e. The van der Waals surface area contributed by atoms with Gasteiger partial charge in [-0.3, -0.25) is 4.79 Å². The van der Waals surface area contributed by atoms with E-state index in [0.29, 0.717) is 32.6 Å². The van der Waals surface area contributed by atoms with Gasteiger partial charge in [-0.2, -0.15) is 0 Å². The molecule has 0 saturated carbocycles. The van der Waals surface area contributed by atoms with Crippen molar-refractivity contribution in [2.45, 2.75) is 37.9 Å². The van der Waals surface area contributed by atoms with Gasteiger partial charge in [0.2, 0.25) is 5.91 Å². The highest BCUT2D eigenvalue weighted by atomic mass is 35.5. The van der Waals surface area contributed by atoms with E-state index in [4.69, 9.17) is 10.5 Å². The van der Waals surface area contributed by atoms with Crippen molar-refractivity contribution in [2.75, 3.05) is 13.2 Å².